The van der Waals surface area contributed by atoms with Gasteiger partial charge in [0.05, 0.1) is 13.7 Å². The Bertz CT molecular complexity index is 349. The summed E-state index contributed by atoms with van der Waals surface area (Å²) < 4.78 is 5.06. The maximum atomic E-state index is 8.81. The molecule has 0 aliphatic carbocycles. The molecule has 0 atom stereocenters. The highest BCUT2D eigenvalue weighted by atomic mass is 35.5. The number of aliphatic hydroxyl groups excluding tert-OH is 1. The van der Waals surface area contributed by atoms with Gasteiger partial charge in [-0.2, -0.15) is 4.98 Å². The Morgan fingerprint density at radius 3 is 2.60 bits per heavy atom. The Balaban J connectivity index is 3.13. The monoisotopic (exact) mass is 251 g/mol. The Hall–Kier alpha value is -0.780. The van der Waals surface area contributed by atoms with Gasteiger partial charge in [0.15, 0.2) is 16.7 Å². The maximum Gasteiger partial charge on any atom is 0.226 e. The van der Waals surface area contributed by atoms with Gasteiger partial charge in [0.25, 0.3) is 0 Å². The van der Waals surface area contributed by atoms with E-state index in [1.54, 1.807) is 11.9 Å². The second-order valence-corrected chi connectivity index (χ2v) is 3.48. The zero-order valence-corrected chi connectivity index (χ0v) is 9.88. The average molecular weight is 252 g/mol. The van der Waals surface area contributed by atoms with Crippen molar-refractivity contribution in [1.29, 1.82) is 0 Å². The van der Waals surface area contributed by atoms with E-state index in [1.807, 2.05) is 0 Å². The van der Waals surface area contributed by atoms with E-state index < -0.39 is 0 Å². The predicted molar refractivity (Wildman–Crippen MR) is 59.0 cm³/mol. The summed E-state index contributed by atoms with van der Waals surface area (Å²) in [6, 6.07) is 0. The number of ether oxygens (including phenoxy) is 1. The molecule has 0 aliphatic rings. The van der Waals surface area contributed by atoms with Crippen LogP contribution in [0.25, 0.3) is 0 Å². The minimum Gasteiger partial charge on any atom is -0.490 e. The first-order valence-corrected chi connectivity index (χ1v) is 4.94. The molecule has 0 amide bonds. The van der Waals surface area contributed by atoms with Gasteiger partial charge < -0.3 is 14.7 Å². The van der Waals surface area contributed by atoms with Crippen LogP contribution in [0, 0.1) is 0 Å². The summed E-state index contributed by atoms with van der Waals surface area (Å²) in [6.45, 7) is 0.402. The molecule has 1 rings (SSSR count). The minimum atomic E-state index is -0.00110. The molecule has 0 saturated carbocycles. The number of aliphatic hydroxyl groups is 1. The molecule has 0 unspecified atom stereocenters. The molecule has 0 bridgehead atoms. The molecule has 7 heteroatoms. The fourth-order valence-electron chi connectivity index (χ4n) is 1.08. The van der Waals surface area contributed by atoms with E-state index in [1.165, 1.54) is 7.11 Å². The topological polar surface area (TPSA) is 58.5 Å². The standard InChI is InChI=1S/C8H11Cl2N3O2/c1-13(3-4-14)7-5(15-2)6(9)11-8(10)12-7/h14H,3-4H2,1-2H3. The maximum absolute atomic E-state index is 8.81. The summed E-state index contributed by atoms with van der Waals surface area (Å²) >= 11 is 11.5. The number of hydrogen-bond donors (Lipinski definition) is 1. The van der Waals surface area contributed by atoms with Gasteiger partial charge in [-0.05, 0) is 11.6 Å². The highest BCUT2D eigenvalue weighted by Crippen LogP contribution is 2.32. The molecule has 1 aromatic heterocycles. The van der Waals surface area contributed by atoms with Crippen LogP contribution in [0.3, 0.4) is 0 Å². The van der Waals surface area contributed by atoms with Crippen molar-refractivity contribution >= 4 is 29.0 Å². The lowest BCUT2D eigenvalue weighted by molar-refractivity contribution is 0.303. The van der Waals surface area contributed by atoms with Crippen LogP contribution in [0.1, 0.15) is 0 Å². The van der Waals surface area contributed by atoms with Crippen LogP contribution in [0.4, 0.5) is 5.82 Å². The van der Waals surface area contributed by atoms with E-state index in [-0.39, 0.29) is 17.0 Å². The van der Waals surface area contributed by atoms with Crippen LogP contribution in [0.2, 0.25) is 10.4 Å². The third-order valence-electron chi connectivity index (χ3n) is 1.78. The van der Waals surface area contributed by atoms with Gasteiger partial charge in [-0.1, -0.05) is 11.6 Å². The van der Waals surface area contributed by atoms with Crippen LogP contribution in [0.5, 0.6) is 5.75 Å². The summed E-state index contributed by atoms with van der Waals surface area (Å²) in [5.41, 5.74) is 0. The first-order valence-electron chi connectivity index (χ1n) is 4.19. The number of anilines is 1. The summed E-state index contributed by atoms with van der Waals surface area (Å²) in [6.07, 6.45) is 0. The molecule has 0 aromatic carbocycles. The molecule has 0 fully saturated rings. The summed E-state index contributed by atoms with van der Waals surface area (Å²) in [7, 11) is 3.21. The molecular formula is C8H11Cl2N3O2. The van der Waals surface area contributed by atoms with Crippen LogP contribution in [0.15, 0.2) is 0 Å². The van der Waals surface area contributed by atoms with E-state index in [0.717, 1.165) is 0 Å². The van der Waals surface area contributed by atoms with E-state index in [2.05, 4.69) is 9.97 Å². The average Bonchev–Trinajstić information content (AvgIpc) is 2.17. The van der Waals surface area contributed by atoms with Crippen LogP contribution in [-0.2, 0) is 0 Å². The van der Waals surface area contributed by atoms with Gasteiger partial charge in [0.1, 0.15) is 0 Å². The van der Waals surface area contributed by atoms with E-state index in [9.17, 15) is 0 Å². The first kappa shape index (κ1) is 12.3. The Labute approximate surface area is 97.6 Å². The molecule has 0 spiro atoms. The van der Waals surface area contributed by atoms with Crippen molar-refractivity contribution in [1.82, 2.24) is 9.97 Å². The van der Waals surface area contributed by atoms with Crippen molar-refractivity contribution < 1.29 is 9.84 Å². The molecule has 1 aromatic rings. The smallest absolute Gasteiger partial charge is 0.226 e. The minimum absolute atomic E-state index is 0.00110. The van der Waals surface area contributed by atoms with Crippen LogP contribution < -0.4 is 9.64 Å². The molecule has 5 nitrogen and oxygen atoms in total. The lowest BCUT2D eigenvalue weighted by Crippen LogP contribution is -2.23. The SMILES string of the molecule is COc1c(Cl)nc(Cl)nc1N(C)CCO. The number of likely N-dealkylation sites (N-methyl/N-ethyl adjacent to an activating group) is 1. The zero-order chi connectivity index (χ0) is 11.4. The highest BCUT2D eigenvalue weighted by molar-refractivity contribution is 6.33. The summed E-state index contributed by atoms with van der Waals surface area (Å²) in [5.74, 6) is 0.800. The zero-order valence-electron chi connectivity index (χ0n) is 8.37. The van der Waals surface area contributed by atoms with Crippen molar-refractivity contribution in [3.05, 3.63) is 10.4 Å². The molecule has 1 N–H and O–H groups in total. The fourth-order valence-corrected chi connectivity index (χ4v) is 1.53. The van der Waals surface area contributed by atoms with E-state index in [4.69, 9.17) is 33.0 Å². The van der Waals surface area contributed by atoms with Gasteiger partial charge in [-0.15, -0.1) is 0 Å². The number of halogens is 2. The van der Waals surface area contributed by atoms with Crippen molar-refractivity contribution in [3.63, 3.8) is 0 Å². The Morgan fingerprint density at radius 2 is 2.07 bits per heavy atom. The van der Waals surface area contributed by atoms with E-state index in [0.29, 0.717) is 18.1 Å². The normalized spacial score (nSPS) is 10.2. The van der Waals surface area contributed by atoms with Gasteiger partial charge in [-0.25, -0.2) is 4.98 Å². The van der Waals surface area contributed by atoms with Gasteiger partial charge in [0.2, 0.25) is 5.28 Å². The summed E-state index contributed by atoms with van der Waals surface area (Å²) in [4.78, 5) is 9.42. The molecule has 84 valence electrons. The van der Waals surface area contributed by atoms with Gasteiger partial charge >= 0.3 is 0 Å². The molecule has 1 heterocycles. The van der Waals surface area contributed by atoms with Gasteiger partial charge in [0, 0.05) is 13.6 Å². The van der Waals surface area contributed by atoms with Crippen LogP contribution in [-0.4, -0.2) is 42.4 Å². The van der Waals surface area contributed by atoms with Gasteiger partial charge in [-0.3, -0.25) is 0 Å². The summed E-state index contributed by atoms with van der Waals surface area (Å²) in [5, 5.41) is 9.00. The fraction of sp³-hybridized carbons (Fsp3) is 0.500. The van der Waals surface area contributed by atoms with Crippen molar-refractivity contribution in [2.75, 3.05) is 32.2 Å². The number of nitrogens with zero attached hydrogens (tertiary/aromatic N) is 3. The molecule has 0 aliphatic heterocycles. The lowest BCUT2D eigenvalue weighted by Gasteiger charge is -2.19. The molecule has 0 saturated heterocycles. The number of methoxy groups -OCH3 is 1. The lowest BCUT2D eigenvalue weighted by atomic mass is 10.4. The van der Waals surface area contributed by atoms with Crippen LogP contribution >= 0.6 is 23.2 Å². The van der Waals surface area contributed by atoms with Crippen molar-refractivity contribution in [2.45, 2.75) is 0 Å². The van der Waals surface area contributed by atoms with Crippen molar-refractivity contribution in [3.8, 4) is 5.75 Å². The second kappa shape index (κ2) is 5.34. The molecular weight excluding hydrogens is 241 g/mol. The third-order valence-corrected chi connectivity index (χ3v) is 2.21. The largest absolute Gasteiger partial charge is 0.490 e. The highest BCUT2D eigenvalue weighted by Gasteiger charge is 2.16. The molecule has 15 heavy (non-hydrogen) atoms. The van der Waals surface area contributed by atoms with Crippen molar-refractivity contribution in [2.24, 2.45) is 0 Å². The third kappa shape index (κ3) is 2.84. The quantitative estimate of drug-likeness (QED) is 0.645. The Kier molecular flexibility index (Phi) is 4.38. The number of hydrogen-bond acceptors (Lipinski definition) is 5. The first-order chi connectivity index (χ1) is 7.10. The molecule has 0 radical (unpaired) electrons. The number of rotatable bonds is 4. The second-order valence-electron chi connectivity index (χ2n) is 2.79. The predicted octanol–water partition coefficient (Wildman–Crippen LogP) is 1.22. The Morgan fingerprint density at radius 1 is 1.40 bits per heavy atom. The van der Waals surface area contributed by atoms with E-state index >= 15 is 0 Å². The number of aromatic nitrogens is 2.